The number of likely N-dealkylation sites (N-methyl/N-ethyl adjacent to an activating group) is 1. The van der Waals surface area contributed by atoms with Crippen molar-refractivity contribution in [2.24, 2.45) is 10.9 Å². The van der Waals surface area contributed by atoms with Gasteiger partial charge in [0.05, 0.1) is 40.7 Å². The molecule has 0 radical (unpaired) electrons. The number of amides is 3. The molecule has 3 aromatic rings. The molecule has 1 aromatic carbocycles. The number of rotatable bonds is 7. The second-order valence-electron chi connectivity index (χ2n) is 11.8. The molecule has 2 aromatic heterocycles. The minimum absolute atomic E-state index is 0.00353. The van der Waals surface area contributed by atoms with Crippen LogP contribution < -0.4 is 26.4 Å². The number of alkyl halides is 2. The fourth-order valence-corrected chi connectivity index (χ4v) is 5.96. The third-order valence-corrected chi connectivity index (χ3v) is 8.73. The number of pyridine rings is 1. The largest absolute Gasteiger partial charge is 0.357 e. The molecule has 3 aliphatic heterocycles. The van der Waals surface area contributed by atoms with Gasteiger partial charge >= 0.3 is 0 Å². The molecule has 3 amide bonds. The zero-order valence-electron chi connectivity index (χ0n) is 25.6. The number of anilines is 1. The fourth-order valence-electron chi connectivity index (χ4n) is 5.96. The van der Waals surface area contributed by atoms with Gasteiger partial charge in [0.1, 0.15) is 23.3 Å². The molecule has 2 fully saturated rings. The van der Waals surface area contributed by atoms with E-state index in [1.807, 2.05) is 34.8 Å². The van der Waals surface area contributed by atoms with E-state index in [2.05, 4.69) is 38.1 Å². The molecule has 0 bridgehead atoms. The molecule has 1 saturated carbocycles. The normalized spacial score (nSPS) is 19.9. The van der Waals surface area contributed by atoms with Gasteiger partial charge in [-0.15, -0.1) is 0 Å². The van der Waals surface area contributed by atoms with Gasteiger partial charge in [0.15, 0.2) is 0 Å². The van der Waals surface area contributed by atoms with Crippen molar-refractivity contribution in [2.45, 2.75) is 31.4 Å². The van der Waals surface area contributed by atoms with Gasteiger partial charge in [0, 0.05) is 50.3 Å². The molecule has 4 N–H and O–H groups in total. The van der Waals surface area contributed by atoms with Crippen molar-refractivity contribution < 1.29 is 23.2 Å². The Hall–Kier alpha value is -5.44. The van der Waals surface area contributed by atoms with Crippen molar-refractivity contribution in [3.05, 3.63) is 78.2 Å². The first-order valence-electron chi connectivity index (χ1n) is 15.2. The molecule has 242 valence electrons. The fraction of sp³-hybridized carbons (Fsp3) is 0.312. The van der Waals surface area contributed by atoms with Gasteiger partial charge in [-0.25, -0.2) is 24.2 Å². The zero-order chi connectivity index (χ0) is 33.0. The summed E-state index contributed by atoms with van der Waals surface area (Å²) >= 11 is 0. The third-order valence-electron chi connectivity index (χ3n) is 8.73. The maximum atomic E-state index is 13.1. The molecule has 1 unspecified atom stereocenters. The van der Waals surface area contributed by atoms with E-state index in [0.717, 1.165) is 35.3 Å². The number of carbonyl (C=O) groups excluding carboxylic acids is 3. The van der Waals surface area contributed by atoms with Gasteiger partial charge in [-0.2, -0.15) is 5.10 Å². The summed E-state index contributed by atoms with van der Waals surface area (Å²) in [4.78, 5) is 50.4. The molecule has 7 rings (SSSR count). The Morgan fingerprint density at radius 3 is 2.57 bits per heavy atom. The molecule has 5 heterocycles. The van der Waals surface area contributed by atoms with Crippen LogP contribution in [0.1, 0.15) is 47.2 Å². The van der Waals surface area contributed by atoms with Crippen LogP contribution in [0.5, 0.6) is 0 Å². The number of nitrogens with one attached hydrogen (secondary N) is 4. The Morgan fingerprint density at radius 2 is 1.85 bits per heavy atom. The van der Waals surface area contributed by atoms with E-state index in [4.69, 9.17) is 4.99 Å². The average Bonchev–Trinajstić information content (AvgIpc) is 3.82. The van der Waals surface area contributed by atoms with Crippen LogP contribution >= 0.6 is 0 Å². The Bertz CT molecular complexity index is 1880. The monoisotopic (exact) mass is 642 g/mol. The second kappa shape index (κ2) is 11.7. The average molecular weight is 643 g/mol. The Balaban J connectivity index is 1.17. The number of hydrogen-bond donors (Lipinski definition) is 4. The zero-order valence-corrected chi connectivity index (χ0v) is 25.6. The van der Waals surface area contributed by atoms with Crippen molar-refractivity contribution in [2.75, 3.05) is 32.1 Å². The molecule has 13 nitrogen and oxygen atoms in total. The van der Waals surface area contributed by atoms with Crippen molar-refractivity contribution in [3.8, 4) is 11.1 Å². The van der Waals surface area contributed by atoms with Gasteiger partial charge in [-0.3, -0.25) is 19.1 Å². The predicted molar refractivity (Wildman–Crippen MR) is 169 cm³/mol. The van der Waals surface area contributed by atoms with E-state index >= 15 is 0 Å². The second-order valence-corrected chi connectivity index (χ2v) is 11.8. The van der Waals surface area contributed by atoms with Crippen LogP contribution in [0.2, 0.25) is 0 Å². The number of carbonyl (C=O) groups is 3. The van der Waals surface area contributed by atoms with E-state index in [-0.39, 0.29) is 29.5 Å². The summed E-state index contributed by atoms with van der Waals surface area (Å²) in [5, 5.41) is 10.2. The first-order chi connectivity index (χ1) is 22.6. The summed E-state index contributed by atoms with van der Waals surface area (Å²) in [6.07, 6.45) is 2.35. The van der Waals surface area contributed by atoms with Crippen molar-refractivity contribution in [1.29, 1.82) is 0 Å². The van der Waals surface area contributed by atoms with E-state index < -0.39 is 24.1 Å². The topological polar surface area (TPSA) is 149 Å². The summed E-state index contributed by atoms with van der Waals surface area (Å²) < 4.78 is 28.1. The van der Waals surface area contributed by atoms with Crippen molar-refractivity contribution in [1.82, 2.24) is 41.1 Å². The van der Waals surface area contributed by atoms with Crippen LogP contribution in [-0.4, -0.2) is 76.3 Å². The Kier molecular flexibility index (Phi) is 7.54. The van der Waals surface area contributed by atoms with E-state index in [0.29, 0.717) is 36.0 Å². The Morgan fingerprint density at radius 1 is 1.09 bits per heavy atom. The van der Waals surface area contributed by atoms with Gasteiger partial charge in [0.25, 0.3) is 12.3 Å². The standard InChI is InChI=1S/C32H32F2N10O3/c1-16-27-20(13-36-44(27)18-14-43(15-18)32(47)23-9-5-8-22(38-23)29(33)34)19-6-4-7-21(28(19)42(16)3)37-24-12-25(39-30(45)17-10-11-17)40-41-26(24)31(46)35-2/h4-9,12-13,17-18,26,29,40-41H,1,10-11,14-15H2,2-3H3,(H,35,46)(H,39,45). The lowest BCUT2D eigenvalue weighted by Crippen LogP contribution is -2.57. The summed E-state index contributed by atoms with van der Waals surface area (Å²) in [5.74, 6) is -0.413. The highest BCUT2D eigenvalue weighted by atomic mass is 19.3. The lowest BCUT2D eigenvalue weighted by atomic mass is 9.95. The van der Waals surface area contributed by atoms with Crippen LogP contribution in [0.15, 0.2) is 66.1 Å². The van der Waals surface area contributed by atoms with Crippen LogP contribution in [0.25, 0.3) is 16.8 Å². The quantitative estimate of drug-likeness (QED) is 0.308. The number of benzene rings is 1. The Labute approximate surface area is 268 Å². The molecule has 0 spiro atoms. The number of likely N-dealkylation sites (tertiary alicyclic amines) is 1. The van der Waals surface area contributed by atoms with Crippen LogP contribution in [0.4, 0.5) is 20.2 Å². The minimum atomic E-state index is -2.76. The van der Waals surface area contributed by atoms with Crippen molar-refractivity contribution in [3.63, 3.8) is 0 Å². The van der Waals surface area contributed by atoms with Crippen LogP contribution in [-0.2, 0) is 9.59 Å². The van der Waals surface area contributed by atoms with Gasteiger partial charge in [-0.05, 0) is 31.0 Å². The molecular weight excluding hydrogens is 610 g/mol. The summed E-state index contributed by atoms with van der Waals surface area (Å²) in [6, 6.07) is 8.72. The van der Waals surface area contributed by atoms with E-state index in [9.17, 15) is 23.2 Å². The number of nitrogens with zero attached hydrogens (tertiary/aromatic N) is 6. The summed E-state index contributed by atoms with van der Waals surface area (Å²) in [5.41, 5.74) is 10.3. The van der Waals surface area contributed by atoms with E-state index in [1.165, 1.54) is 25.2 Å². The molecule has 47 heavy (non-hydrogen) atoms. The molecule has 1 aliphatic carbocycles. The minimum Gasteiger partial charge on any atom is -0.357 e. The SMILES string of the molecule is C=C1c2c(cnn2C2CN(C(=O)c3cccc(C(F)F)n3)C2)-c2cccc(N=C3C=C(NC(=O)C4CC4)NNC3C(=O)NC)c2N1C. The maximum absolute atomic E-state index is 13.1. The predicted octanol–water partition coefficient (Wildman–Crippen LogP) is 2.66. The highest BCUT2D eigenvalue weighted by Crippen LogP contribution is 2.48. The molecule has 4 aliphatic rings. The third kappa shape index (κ3) is 5.41. The first kappa shape index (κ1) is 30.2. The summed E-state index contributed by atoms with van der Waals surface area (Å²) in [6.45, 7) is 5.02. The number of fused-ring (bicyclic) bond motifs is 3. The van der Waals surface area contributed by atoms with Gasteiger partial charge in [-0.1, -0.05) is 24.8 Å². The molecule has 15 heteroatoms. The smallest absolute Gasteiger partial charge is 0.280 e. The number of aromatic nitrogens is 3. The number of hydrazine groups is 1. The first-order valence-corrected chi connectivity index (χ1v) is 15.2. The molecule has 1 saturated heterocycles. The van der Waals surface area contributed by atoms with Crippen LogP contribution in [0.3, 0.4) is 0 Å². The lowest BCUT2D eigenvalue weighted by Gasteiger charge is -2.41. The van der Waals surface area contributed by atoms with Crippen molar-refractivity contribution >= 4 is 40.5 Å². The highest BCUT2D eigenvalue weighted by molar-refractivity contribution is 6.16. The van der Waals surface area contributed by atoms with Gasteiger partial charge in [0.2, 0.25) is 11.8 Å². The highest BCUT2D eigenvalue weighted by Gasteiger charge is 2.38. The molecular formula is C32H32F2N10O3. The maximum Gasteiger partial charge on any atom is 0.280 e. The van der Waals surface area contributed by atoms with E-state index in [1.54, 1.807) is 17.2 Å². The lowest BCUT2D eigenvalue weighted by molar-refractivity contribution is -0.121. The number of aliphatic imine (C=N–C) groups is 1. The number of para-hydroxylation sites is 1. The number of hydrogen-bond acceptors (Lipinski definition) is 9. The van der Waals surface area contributed by atoms with Crippen LogP contribution in [0, 0.1) is 5.92 Å². The molecule has 1 atom stereocenters. The van der Waals surface area contributed by atoms with Gasteiger partial charge < -0.3 is 25.9 Å². The number of halogens is 2. The summed E-state index contributed by atoms with van der Waals surface area (Å²) in [7, 11) is 3.41.